The van der Waals surface area contributed by atoms with Crippen molar-refractivity contribution in [1.82, 2.24) is 0 Å². The molecular formula is C22H27NO4. The Morgan fingerprint density at radius 1 is 1.07 bits per heavy atom. The Kier molecular flexibility index (Phi) is 7.41. The van der Waals surface area contributed by atoms with Crippen molar-refractivity contribution >= 4 is 17.6 Å². The van der Waals surface area contributed by atoms with Gasteiger partial charge in [-0.25, -0.2) is 4.79 Å². The number of benzene rings is 2. The van der Waals surface area contributed by atoms with E-state index < -0.39 is 0 Å². The molecule has 2 aromatic carbocycles. The molecule has 144 valence electrons. The Morgan fingerprint density at radius 2 is 1.78 bits per heavy atom. The van der Waals surface area contributed by atoms with Crippen LogP contribution in [-0.2, 0) is 9.53 Å². The molecule has 0 aliphatic heterocycles. The number of carbonyl (C=O) groups excluding carboxylic acids is 2. The second-order valence-corrected chi connectivity index (χ2v) is 6.75. The van der Waals surface area contributed by atoms with E-state index in [-0.39, 0.29) is 18.5 Å². The van der Waals surface area contributed by atoms with Crippen molar-refractivity contribution < 1.29 is 19.1 Å². The molecular weight excluding hydrogens is 342 g/mol. The van der Waals surface area contributed by atoms with E-state index in [1.165, 1.54) is 0 Å². The van der Waals surface area contributed by atoms with Crippen LogP contribution >= 0.6 is 0 Å². The van der Waals surface area contributed by atoms with E-state index in [0.29, 0.717) is 23.8 Å². The summed E-state index contributed by atoms with van der Waals surface area (Å²) in [6.07, 6.45) is 0.777. The SMILES string of the molecule is CCCOC(=O)c1ccc(NC(=O)COc2cc(C)ccc2C(C)C)cc1. The Balaban J connectivity index is 1.93. The maximum absolute atomic E-state index is 12.2. The molecule has 0 bridgehead atoms. The number of hydrogen-bond donors (Lipinski definition) is 1. The van der Waals surface area contributed by atoms with E-state index in [9.17, 15) is 9.59 Å². The number of nitrogens with one attached hydrogen (secondary N) is 1. The zero-order valence-corrected chi connectivity index (χ0v) is 16.4. The smallest absolute Gasteiger partial charge is 0.338 e. The first-order valence-corrected chi connectivity index (χ1v) is 9.21. The van der Waals surface area contributed by atoms with Crippen molar-refractivity contribution in [2.45, 2.75) is 40.0 Å². The molecule has 2 aromatic rings. The fraction of sp³-hybridized carbons (Fsp3) is 0.364. The molecule has 0 aliphatic rings. The van der Waals surface area contributed by atoms with Gasteiger partial charge in [0.1, 0.15) is 5.75 Å². The fourth-order valence-corrected chi connectivity index (χ4v) is 2.55. The van der Waals surface area contributed by atoms with E-state index in [1.807, 2.05) is 32.0 Å². The van der Waals surface area contributed by atoms with Gasteiger partial charge in [-0.15, -0.1) is 0 Å². The lowest BCUT2D eigenvalue weighted by Gasteiger charge is -2.15. The zero-order valence-electron chi connectivity index (χ0n) is 16.4. The molecule has 5 nitrogen and oxygen atoms in total. The monoisotopic (exact) mass is 369 g/mol. The van der Waals surface area contributed by atoms with Gasteiger partial charge in [0.25, 0.3) is 5.91 Å². The van der Waals surface area contributed by atoms with Crippen LogP contribution in [0.5, 0.6) is 5.75 Å². The second-order valence-electron chi connectivity index (χ2n) is 6.75. The molecule has 0 aromatic heterocycles. The molecule has 5 heteroatoms. The maximum Gasteiger partial charge on any atom is 0.338 e. The molecule has 0 atom stereocenters. The minimum absolute atomic E-state index is 0.0799. The highest BCUT2D eigenvalue weighted by molar-refractivity contribution is 5.93. The summed E-state index contributed by atoms with van der Waals surface area (Å²) in [5.74, 6) is 0.420. The van der Waals surface area contributed by atoms with E-state index in [0.717, 1.165) is 23.3 Å². The van der Waals surface area contributed by atoms with Gasteiger partial charge >= 0.3 is 5.97 Å². The predicted molar refractivity (Wildman–Crippen MR) is 106 cm³/mol. The van der Waals surface area contributed by atoms with Crippen LogP contribution in [0.3, 0.4) is 0 Å². The molecule has 0 heterocycles. The Hall–Kier alpha value is -2.82. The van der Waals surface area contributed by atoms with Crippen LogP contribution in [0.25, 0.3) is 0 Å². The number of anilines is 1. The van der Waals surface area contributed by atoms with Gasteiger partial charge in [0, 0.05) is 5.69 Å². The van der Waals surface area contributed by atoms with Crippen molar-refractivity contribution in [2.75, 3.05) is 18.5 Å². The van der Waals surface area contributed by atoms with E-state index in [1.54, 1.807) is 24.3 Å². The number of ether oxygens (including phenoxy) is 2. The van der Waals surface area contributed by atoms with Gasteiger partial charge in [-0.3, -0.25) is 4.79 Å². The summed E-state index contributed by atoms with van der Waals surface area (Å²) in [5, 5.41) is 2.77. The van der Waals surface area contributed by atoms with E-state index in [2.05, 4.69) is 19.2 Å². The summed E-state index contributed by atoms with van der Waals surface area (Å²) in [6.45, 7) is 8.42. The van der Waals surface area contributed by atoms with Crippen LogP contribution in [0.1, 0.15) is 54.6 Å². The zero-order chi connectivity index (χ0) is 19.8. The first-order valence-electron chi connectivity index (χ1n) is 9.21. The van der Waals surface area contributed by atoms with Gasteiger partial charge < -0.3 is 14.8 Å². The minimum Gasteiger partial charge on any atom is -0.483 e. The molecule has 1 N–H and O–H groups in total. The van der Waals surface area contributed by atoms with Crippen LogP contribution in [0.2, 0.25) is 0 Å². The summed E-state index contributed by atoms with van der Waals surface area (Å²) in [7, 11) is 0. The lowest BCUT2D eigenvalue weighted by Crippen LogP contribution is -2.20. The van der Waals surface area contributed by atoms with Crippen molar-refractivity contribution in [1.29, 1.82) is 0 Å². The first-order chi connectivity index (χ1) is 12.9. The Bertz CT molecular complexity index is 781. The van der Waals surface area contributed by atoms with Gasteiger partial charge in [-0.1, -0.05) is 32.9 Å². The average molecular weight is 369 g/mol. The number of hydrogen-bond acceptors (Lipinski definition) is 4. The lowest BCUT2D eigenvalue weighted by molar-refractivity contribution is -0.118. The van der Waals surface area contributed by atoms with E-state index >= 15 is 0 Å². The van der Waals surface area contributed by atoms with Crippen LogP contribution in [0, 0.1) is 6.92 Å². The summed E-state index contributed by atoms with van der Waals surface area (Å²) in [4.78, 5) is 24.0. The third kappa shape index (κ3) is 6.13. The maximum atomic E-state index is 12.2. The minimum atomic E-state index is -0.362. The Morgan fingerprint density at radius 3 is 2.41 bits per heavy atom. The lowest BCUT2D eigenvalue weighted by atomic mass is 10.0. The topological polar surface area (TPSA) is 64.6 Å². The molecule has 0 spiro atoms. The van der Waals surface area contributed by atoms with Crippen molar-refractivity contribution in [3.63, 3.8) is 0 Å². The number of amides is 1. The molecule has 0 saturated heterocycles. The highest BCUT2D eigenvalue weighted by Gasteiger charge is 2.11. The highest BCUT2D eigenvalue weighted by Crippen LogP contribution is 2.27. The largest absolute Gasteiger partial charge is 0.483 e. The standard InChI is InChI=1S/C22H27NO4/c1-5-12-26-22(25)17-7-9-18(10-8-17)23-21(24)14-27-20-13-16(4)6-11-19(20)15(2)3/h6-11,13,15H,5,12,14H2,1-4H3,(H,23,24). The van der Waals surface area contributed by atoms with Gasteiger partial charge in [0.15, 0.2) is 6.61 Å². The third-order valence-electron chi connectivity index (χ3n) is 3.99. The normalized spacial score (nSPS) is 10.6. The average Bonchev–Trinajstić information content (AvgIpc) is 2.64. The van der Waals surface area contributed by atoms with Gasteiger partial charge in [-0.05, 0) is 60.7 Å². The first kappa shape index (κ1) is 20.5. The third-order valence-corrected chi connectivity index (χ3v) is 3.99. The number of carbonyl (C=O) groups is 2. The summed E-state index contributed by atoms with van der Waals surface area (Å²) in [6, 6.07) is 12.6. The fourth-order valence-electron chi connectivity index (χ4n) is 2.55. The number of rotatable bonds is 8. The van der Waals surface area contributed by atoms with Crippen molar-refractivity contribution in [3.05, 3.63) is 59.2 Å². The van der Waals surface area contributed by atoms with Crippen LogP contribution in [0.4, 0.5) is 5.69 Å². The Labute approximate surface area is 160 Å². The molecule has 0 radical (unpaired) electrons. The van der Waals surface area contributed by atoms with Crippen molar-refractivity contribution in [3.8, 4) is 5.75 Å². The molecule has 0 aliphatic carbocycles. The van der Waals surface area contributed by atoms with Crippen LogP contribution < -0.4 is 10.1 Å². The molecule has 0 unspecified atom stereocenters. The van der Waals surface area contributed by atoms with Gasteiger partial charge in [0.05, 0.1) is 12.2 Å². The second kappa shape index (κ2) is 9.76. The number of esters is 1. The van der Waals surface area contributed by atoms with E-state index in [4.69, 9.17) is 9.47 Å². The summed E-state index contributed by atoms with van der Waals surface area (Å²) < 4.78 is 10.8. The summed E-state index contributed by atoms with van der Waals surface area (Å²) >= 11 is 0. The van der Waals surface area contributed by atoms with Gasteiger partial charge in [-0.2, -0.15) is 0 Å². The molecule has 27 heavy (non-hydrogen) atoms. The quantitative estimate of drug-likeness (QED) is 0.685. The van der Waals surface area contributed by atoms with Crippen LogP contribution in [-0.4, -0.2) is 25.1 Å². The van der Waals surface area contributed by atoms with Crippen LogP contribution in [0.15, 0.2) is 42.5 Å². The highest BCUT2D eigenvalue weighted by atomic mass is 16.5. The van der Waals surface area contributed by atoms with Gasteiger partial charge in [0.2, 0.25) is 0 Å². The molecule has 2 rings (SSSR count). The number of aryl methyl sites for hydroxylation is 1. The predicted octanol–water partition coefficient (Wildman–Crippen LogP) is 4.70. The molecule has 0 saturated carbocycles. The molecule has 0 fully saturated rings. The van der Waals surface area contributed by atoms with Crippen molar-refractivity contribution in [2.24, 2.45) is 0 Å². The molecule has 1 amide bonds. The summed E-state index contributed by atoms with van der Waals surface area (Å²) in [5.41, 5.74) is 3.21.